The average molecular weight is 829 g/mol. The lowest BCUT2D eigenvalue weighted by atomic mass is 9.96. The Hall–Kier alpha value is -1.04. The van der Waals surface area contributed by atoms with Gasteiger partial charge in [0.05, 0.1) is 33.0 Å². The Morgan fingerprint density at radius 1 is 0.250 bits per heavy atom. The highest BCUT2D eigenvalue weighted by Gasteiger charge is 2.57. The second-order valence-corrected chi connectivity index (χ2v) is 14.0. The highest BCUT2D eigenvalue weighted by Crippen LogP contribution is 2.36. The number of aliphatic hydroxyl groups excluding tert-OH is 17. The lowest BCUT2D eigenvalue weighted by Crippen LogP contribution is -2.68. The first-order valence-corrected chi connectivity index (χ1v) is 17.6. The van der Waals surface area contributed by atoms with E-state index in [9.17, 15) is 86.8 Å². The van der Waals surface area contributed by atoms with Gasteiger partial charge >= 0.3 is 0 Å². The highest BCUT2D eigenvalue weighted by molar-refractivity contribution is 4.98. The fourth-order valence-electron chi connectivity index (χ4n) is 6.89. The van der Waals surface area contributed by atoms with Crippen LogP contribution in [0, 0.1) is 0 Å². The predicted octanol–water partition coefficient (Wildman–Crippen LogP) is -11.9. The summed E-state index contributed by atoms with van der Waals surface area (Å²) < 4.78 is 50.4. The summed E-state index contributed by atoms with van der Waals surface area (Å²) in [6.45, 7) is -4.63. The molecule has 5 aliphatic heterocycles. The standard InChI is InChI=1S/C30H52O26/c31-1-6-11(36)16(41)21(46)26(48-6)53-23-18(43)13(38)8(3-33)50-28(23)54-24-19(44)14(39)9(4-34)51-29(24)55-25-20(45)15(40)10(5-35)52-30(25)56-27-22(47)17(42)12(37)7(2-32)49-27/h6-47H,1-5H2/t6-,7-,8-,9-,10-,11-,12-,13-,14-,15-,16+,17+,18+,19+,20+,21-,22-,23-,24-,25-,26-,27-,28-,29-,30-/m1/s1. The molecule has 0 radical (unpaired) electrons. The van der Waals surface area contributed by atoms with Gasteiger partial charge in [-0.3, -0.25) is 0 Å². The van der Waals surface area contributed by atoms with E-state index in [0.29, 0.717) is 0 Å². The first-order valence-electron chi connectivity index (χ1n) is 17.6. The van der Waals surface area contributed by atoms with Gasteiger partial charge in [0.15, 0.2) is 31.5 Å². The zero-order chi connectivity index (χ0) is 41.3. The third-order valence-corrected chi connectivity index (χ3v) is 10.3. The maximum Gasteiger partial charge on any atom is 0.190 e. The van der Waals surface area contributed by atoms with Crippen LogP contribution in [-0.2, 0) is 42.6 Å². The third kappa shape index (κ3) is 9.16. The van der Waals surface area contributed by atoms with Gasteiger partial charge < -0.3 is 129 Å². The maximum atomic E-state index is 11.3. The van der Waals surface area contributed by atoms with Crippen molar-refractivity contribution in [3.05, 3.63) is 0 Å². The third-order valence-electron chi connectivity index (χ3n) is 10.3. The monoisotopic (exact) mass is 828 g/mol. The van der Waals surface area contributed by atoms with Crippen molar-refractivity contribution in [2.75, 3.05) is 33.0 Å². The van der Waals surface area contributed by atoms with E-state index in [1.54, 1.807) is 0 Å². The van der Waals surface area contributed by atoms with Crippen molar-refractivity contribution in [1.82, 2.24) is 0 Å². The zero-order valence-electron chi connectivity index (χ0n) is 29.2. The summed E-state index contributed by atoms with van der Waals surface area (Å²) in [5.74, 6) is 0. The normalized spacial score (nSPS) is 53.2. The summed E-state index contributed by atoms with van der Waals surface area (Å²) >= 11 is 0. The molecule has 328 valence electrons. The SMILES string of the molecule is OC[C@H]1O[C@H](O[C@H]2O[C@H](CO)[C@@H](O)[C@H](O)[C@H]2O[C@H]2O[C@H](CO)[C@@H](O)[C@H](O)[C@H]2O[C@H]2O[C@H](CO)[C@@H](O)[C@H](O)[C@H]2O[C@H]2O[C@H](CO)[C@@H](O)[C@H](O)[C@H]2O)[C@H](O)[C@@H](O)[C@@H]1O. The van der Waals surface area contributed by atoms with Crippen molar-refractivity contribution < 1.29 is 129 Å². The minimum absolute atomic E-state index is 0.873. The predicted molar refractivity (Wildman–Crippen MR) is 167 cm³/mol. The fourth-order valence-corrected chi connectivity index (χ4v) is 6.89. The van der Waals surface area contributed by atoms with Gasteiger partial charge in [-0.15, -0.1) is 0 Å². The molecule has 0 bridgehead atoms. The first kappa shape index (κ1) is 46.0. The molecule has 0 saturated carbocycles. The van der Waals surface area contributed by atoms with E-state index < -0.39 is 187 Å². The highest BCUT2D eigenvalue weighted by atomic mass is 16.8. The molecule has 5 fully saturated rings. The van der Waals surface area contributed by atoms with E-state index in [-0.39, 0.29) is 0 Å². The summed E-state index contributed by atoms with van der Waals surface area (Å²) in [6.07, 6.45) is -48.0. The molecule has 5 rings (SSSR count). The van der Waals surface area contributed by atoms with Crippen LogP contribution in [0.4, 0.5) is 0 Å². The molecule has 0 amide bonds. The molecule has 0 spiro atoms. The van der Waals surface area contributed by atoms with Gasteiger partial charge in [-0.1, -0.05) is 0 Å². The Balaban J connectivity index is 1.45. The van der Waals surface area contributed by atoms with E-state index >= 15 is 0 Å². The van der Waals surface area contributed by atoms with Gasteiger partial charge in [0.1, 0.15) is 122 Å². The largest absolute Gasteiger partial charge is 0.394 e. The molecule has 56 heavy (non-hydrogen) atoms. The van der Waals surface area contributed by atoms with Crippen molar-refractivity contribution in [2.45, 2.75) is 154 Å². The van der Waals surface area contributed by atoms with Gasteiger partial charge in [0.2, 0.25) is 0 Å². The Morgan fingerprint density at radius 2 is 0.464 bits per heavy atom. The molecule has 5 saturated heterocycles. The molecular formula is C30H52O26. The first-order chi connectivity index (χ1) is 26.5. The van der Waals surface area contributed by atoms with Crippen LogP contribution in [0.2, 0.25) is 0 Å². The summed E-state index contributed by atoms with van der Waals surface area (Å²) in [6, 6.07) is 0. The second kappa shape index (κ2) is 19.6. The molecule has 5 heterocycles. The van der Waals surface area contributed by atoms with Gasteiger partial charge in [-0.05, 0) is 0 Å². The Bertz CT molecular complexity index is 1200. The van der Waals surface area contributed by atoms with E-state index in [0.717, 1.165) is 0 Å². The fraction of sp³-hybridized carbons (Fsp3) is 1.00. The van der Waals surface area contributed by atoms with Crippen LogP contribution >= 0.6 is 0 Å². The van der Waals surface area contributed by atoms with Crippen molar-refractivity contribution in [3.63, 3.8) is 0 Å². The van der Waals surface area contributed by atoms with Crippen LogP contribution in [0.3, 0.4) is 0 Å². The van der Waals surface area contributed by atoms with Crippen molar-refractivity contribution in [1.29, 1.82) is 0 Å². The summed E-state index contributed by atoms with van der Waals surface area (Å²) in [5.41, 5.74) is 0. The number of rotatable bonds is 13. The summed E-state index contributed by atoms with van der Waals surface area (Å²) in [4.78, 5) is 0. The average Bonchev–Trinajstić information content (AvgIpc) is 3.19. The topological polar surface area (TPSA) is 427 Å². The van der Waals surface area contributed by atoms with Gasteiger partial charge in [-0.25, -0.2) is 0 Å². The van der Waals surface area contributed by atoms with Crippen molar-refractivity contribution >= 4 is 0 Å². The maximum absolute atomic E-state index is 11.3. The van der Waals surface area contributed by atoms with Crippen LogP contribution in [0.5, 0.6) is 0 Å². The second-order valence-electron chi connectivity index (χ2n) is 14.0. The Labute approximate surface area is 316 Å². The molecule has 0 aromatic rings. The van der Waals surface area contributed by atoms with Crippen LogP contribution in [0.1, 0.15) is 0 Å². The Kier molecular flexibility index (Phi) is 16.1. The van der Waals surface area contributed by atoms with E-state index in [1.165, 1.54) is 0 Å². The Morgan fingerprint density at radius 3 is 0.750 bits per heavy atom. The van der Waals surface area contributed by atoms with Crippen LogP contribution in [0.15, 0.2) is 0 Å². The molecule has 0 unspecified atom stereocenters. The minimum Gasteiger partial charge on any atom is -0.394 e. The number of hydrogen-bond donors (Lipinski definition) is 17. The molecular weight excluding hydrogens is 776 g/mol. The quantitative estimate of drug-likeness (QED) is 0.0819. The van der Waals surface area contributed by atoms with Crippen LogP contribution < -0.4 is 0 Å². The number of ether oxygens (including phenoxy) is 9. The summed E-state index contributed by atoms with van der Waals surface area (Å²) in [7, 11) is 0. The van der Waals surface area contributed by atoms with Crippen LogP contribution in [0.25, 0.3) is 0 Å². The molecule has 0 aromatic carbocycles. The molecule has 5 aliphatic rings. The number of aliphatic hydroxyl groups is 17. The molecule has 0 aromatic heterocycles. The molecule has 26 heteroatoms. The molecule has 26 nitrogen and oxygen atoms in total. The van der Waals surface area contributed by atoms with Gasteiger partial charge in [0, 0.05) is 0 Å². The van der Waals surface area contributed by atoms with E-state index in [4.69, 9.17) is 42.6 Å². The summed E-state index contributed by atoms with van der Waals surface area (Å²) in [5, 5.41) is 177. The lowest BCUT2D eigenvalue weighted by Gasteiger charge is -2.50. The van der Waals surface area contributed by atoms with Crippen LogP contribution in [-0.4, -0.2) is 273 Å². The van der Waals surface area contributed by atoms with Crippen molar-refractivity contribution in [3.8, 4) is 0 Å². The lowest BCUT2D eigenvalue weighted by molar-refractivity contribution is -0.417. The minimum atomic E-state index is -2.15. The molecule has 17 N–H and O–H groups in total. The van der Waals surface area contributed by atoms with Gasteiger partial charge in [-0.2, -0.15) is 0 Å². The zero-order valence-corrected chi connectivity index (χ0v) is 29.2. The van der Waals surface area contributed by atoms with E-state index in [2.05, 4.69) is 0 Å². The van der Waals surface area contributed by atoms with Crippen molar-refractivity contribution in [2.24, 2.45) is 0 Å². The van der Waals surface area contributed by atoms with E-state index in [1.807, 2.05) is 0 Å². The molecule has 0 aliphatic carbocycles. The molecule has 25 atom stereocenters. The number of hydrogen-bond acceptors (Lipinski definition) is 26. The van der Waals surface area contributed by atoms with Gasteiger partial charge in [0.25, 0.3) is 0 Å². The smallest absolute Gasteiger partial charge is 0.190 e.